The van der Waals surface area contributed by atoms with Gasteiger partial charge in [0.05, 0.1) is 6.54 Å². The van der Waals surface area contributed by atoms with Crippen LogP contribution in [0.1, 0.15) is 38.2 Å². The van der Waals surface area contributed by atoms with Crippen molar-refractivity contribution in [1.29, 1.82) is 0 Å². The van der Waals surface area contributed by atoms with Gasteiger partial charge in [-0.25, -0.2) is 0 Å². The first-order valence-corrected chi connectivity index (χ1v) is 8.47. The smallest absolute Gasteiger partial charge is 0.239 e. The standard InChI is InChI=1S/C18H28N4O/c1-3-12-20-16(23)13-21-17(19-2)22-14-18(10-7-11-18)15-8-5-4-6-9-15/h4-6,8-9H,3,7,10-14H2,1-2H3,(H,20,23)(H2,19,21,22). The molecule has 3 N–H and O–H groups in total. The lowest BCUT2D eigenvalue weighted by molar-refractivity contribution is -0.120. The topological polar surface area (TPSA) is 65.5 Å². The average Bonchev–Trinajstić information content (AvgIpc) is 2.55. The van der Waals surface area contributed by atoms with Crippen LogP contribution in [0.25, 0.3) is 0 Å². The normalized spacial score (nSPS) is 16.3. The number of carbonyl (C=O) groups is 1. The van der Waals surface area contributed by atoms with Crippen molar-refractivity contribution in [3.05, 3.63) is 35.9 Å². The van der Waals surface area contributed by atoms with Gasteiger partial charge in [-0.2, -0.15) is 0 Å². The third-order valence-corrected chi connectivity index (χ3v) is 4.50. The summed E-state index contributed by atoms with van der Waals surface area (Å²) in [6.45, 7) is 3.84. The Kier molecular flexibility index (Phi) is 6.44. The highest BCUT2D eigenvalue weighted by Crippen LogP contribution is 2.43. The molecule has 1 aliphatic carbocycles. The molecule has 1 aromatic carbocycles. The molecule has 0 heterocycles. The van der Waals surface area contributed by atoms with Gasteiger partial charge in [0.1, 0.15) is 0 Å². The molecule has 1 saturated carbocycles. The molecule has 23 heavy (non-hydrogen) atoms. The molecule has 126 valence electrons. The van der Waals surface area contributed by atoms with Gasteiger partial charge in [-0.3, -0.25) is 9.79 Å². The van der Waals surface area contributed by atoms with Crippen molar-refractivity contribution in [3.8, 4) is 0 Å². The molecule has 1 aromatic rings. The average molecular weight is 316 g/mol. The number of carbonyl (C=O) groups excluding carboxylic acids is 1. The van der Waals surface area contributed by atoms with E-state index in [4.69, 9.17) is 0 Å². The second-order valence-electron chi connectivity index (χ2n) is 6.13. The number of hydrogen-bond acceptors (Lipinski definition) is 2. The summed E-state index contributed by atoms with van der Waals surface area (Å²) in [4.78, 5) is 15.9. The molecule has 0 spiro atoms. The minimum absolute atomic E-state index is 0.00350. The minimum atomic E-state index is -0.00350. The Morgan fingerprint density at radius 3 is 2.48 bits per heavy atom. The zero-order valence-electron chi connectivity index (χ0n) is 14.2. The second kappa shape index (κ2) is 8.56. The van der Waals surface area contributed by atoms with Gasteiger partial charge >= 0.3 is 0 Å². The van der Waals surface area contributed by atoms with Gasteiger partial charge in [0.25, 0.3) is 0 Å². The maximum Gasteiger partial charge on any atom is 0.239 e. The van der Waals surface area contributed by atoms with E-state index in [0.717, 1.165) is 13.0 Å². The maximum atomic E-state index is 11.7. The number of rotatable bonds is 7. The van der Waals surface area contributed by atoms with Gasteiger partial charge in [-0.15, -0.1) is 0 Å². The predicted molar refractivity (Wildman–Crippen MR) is 94.6 cm³/mol. The van der Waals surface area contributed by atoms with E-state index in [1.165, 1.54) is 24.8 Å². The Morgan fingerprint density at radius 2 is 1.91 bits per heavy atom. The fourth-order valence-corrected chi connectivity index (χ4v) is 2.93. The van der Waals surface area contributed by atoms with Crippen LogP contribution in [-0.4, -0.2) is 38.5 Å². The Hall–Kier alpha value is -2.04. The molecule has 1 fully saturated rings. The van der Waals surface area contributed by atoms with Crippen LogP contribution in [0.3, 0.4) is 0 Å². The van der Waals surface area contributed by atoms with Gasteiger partial charge in [0, 0.05) is 25.6 Å². The fraction of sp³-hybridized carbons (Fsp3) is 0.556. The van der Waals surface area contributed by atoms with Crippen molar-refractivity contribution >= 4 is 11.9 Å². The van der Waals surface area contributed by atoms with Crippen molar-refractivity contribution in [1.82, 2.24) is 16.0 Å². The zero-order chi connectivity index (χ0) is 16.5. The van der Waals surface area contributed by atoms with Crippen molar-refractivity contribution < 1.29 is 4.79 Å². The highest BCUT2D eigenvalue weighted by atomic mass is 16.1. The first-order chi connectivity index (χ1) is 11.2. The SMILES string of the molecule is CCCNC(=O)CNC(=NC)NCC1(c2ccccc2)CCC1. The number of guanidine groups is 1. The van der Waals surface area contributed by atoms with Crippen molar-refractivity contribution in [3.63, 3.8) is 0 Å². The van der Waals surface area contributed by atoms with Crippen LogP contribution in [0.2, 0.25) is 0 Å². The van der Waals surface area contributed by atoms with Crippen LogP contribution in [-0.2, 0) is 10.2 Å². The number of aliphatic imine (C=N–C) groups is 1. The van der Waals surface area contributed by atoms with Crippen molar-refractivity contribution in [2.75, 3.05) is 26.7 Å². The molecule has 0 aromatic heterocycles. The van der Waals surface area contributed by atoms with Gasteiger partial charge < -0.3 is 16.0 Å². The third-order valence-electron chi connectivity index (χ3n) is 4.50. The van der Waals surface area contributed by atoms with Gasteiger partial charge in [-0.05, 0) is 24.8 Å². The van der Waals surface area contributed by atoms with E-state index in [-0.39, 0.29) is 17.9 Å². The van der Waals surface area contributed by atoms with E-state index in [9.17, 15) is 4.79 Å². The van der Waals surface area contributed by atoms with Gasteiger partial charge in [0.15, 0.2) is 5.96 Å². The highest BCUT2D eigenvalue weighted by molar-refractivity contribution is 5.86. The molecule has 1 amide bonds. The van der Waals surface area contributed by atoms with Crippen LogP contribution in [0.5, 0.6) is 0 Å². The fourth-order valence-electron chi connectivity index (χ4n) is 2.93. The van der Waals surface area contributed by atoms with E-state index in [1.807, 2.05) is 6.92 Å². The number of amides is 1. The number of benzene rings is 1. The summed E-state index contributed by atoms with van der Waals surface area (Å²) in [5.41, 5.74) is 1.58. The molecule has 0 unspecified atom stereocenters. The molecular formula is C18H28N4O. The van der Waals surface area contributed by atoms with E-state index in [2.05, 4.69) is 51.3 Å². The van der Waals surface area contributed by atoms with E-state index < -0.39 is 0 Å². The molecule has 5 nitrogen and oxygen atoms in total. The van der Waals surface area contributed by atoms with Crippen LogP contribution in [0.15, 0.2) is 35.3 Å². The summed E-state index contributed by atoms with van der Waals surface area (Å²) in [5, 5.41) is 9.31. The number of hydrogen-bond donors (Lipinski definition) is 3. The summed E-state index contributed by atoms with van der Waals surface area (Å²) in [5.74, 6) is 0.676. The Bertz CT molecular complexity index is 523. The van der Waals surface area contributed by atoms with Crippen molar-refractivity contribution in [2.24, 2.45) is 4.99 Å². The van der Waals surface area contributed by atoms with Crippen molar-refractivity contribution in [2.45, 2.75) is 38.0 Å². The lowest BCUT2D eigenvalue weighted by Crippen LogP contribution is -2.50. The van der Waals surface area contributed by atoms with Crippen LogP contribution < -0.4 is 16.0 Å². The molecule has 0 aliphatic heterocycles. The first-order valence-electron chi connectivity index (χ1n) is 8.47. The molecule has 5 heteroatoms. The monoisotopic (exact) mass is 316 g/mol. The lowest BCUT2D eigenvalue weighted by atomic mass is 9.64. The molecule has 0 atom stereocenters. The molecule has 2 rings (SSSR count). The second-order valence-corrected chi connectivity index (χ2v) is 6.13. The minimum Gasteiger partial charge on any atom is -0.356 e. The van der Waals surface area contributed by atoms with Crippen LogP contribution in [0.4, 0.5) is 0 Å². The Labute approximate surface area is 139 Å². The summed E-state index contributed by atoms with van der Waals surface area (Å²) in [6, 6.07) is 10.7. The molecule has 0 bridgehead atoms. The molecule has 1 aliphatic rings. The lowest BCUT2D eigenvalue weighted by Gasteiger charge is -2.43. The molecule has 0 radical (unpaired) electrons. The van der Waals surface area contributed by atoms with E-state index >= 15 is 0 Å². The van der Waals surface area contributed by atoms with Gasteiger partial charge in [-0.1, -0.05) is 43.7 Å². The number of nitrogens with zero attached hydrogens (tertiary/aromatic N) is 1. The number of nitrogens with one attached hydrogen (secondary N) is 3. The summed E-state index contributed by atoms with van der Waals surface area (Å²) in [7, 11) is 1.73. The predicted octanol–water partition coefficient (Wildman–Crippen LogP) is 1.80. The summed E-state index contributed by atoms with van der Waals surface area (Å²) >= 11 is 0. The molecular weight excluding hydrogens is 288 g/mol. The third kappa shape index (κ3) is 4.71. The quantitative estimate of drug-likeness (QED) is 0.531. The van der Waals surface area contributed by atoms with Gasteiger partial charge in [0.2, 0.25) is 5.91 Å². The first kappa shape index (κ1) is 17.3. The van der Waals surface area contributed by atoms with E-state index in [0.29, 0.717) is 12.5 Å². The maximum absolute atomic E-state index is 11.7. The summed E-state index contributed by atoms with van der Waals surface area (Å²) in [6.07, 6.45) is 4.59. The highest BCUT2D eigenvalue weighted by Gasteiger charge is 2.38. The Morgan fingerprint density at radius 1 is 1.17 bits per heavy atom. The largest absolute Gasteiger partial charge is 0.356 e. The van der Waals surface area contributed by atoms with E-state index in [1.54, 1.807) is 7.05 Å². The molecule has 0 saturated heterocycles. The summed E-state index contributed by atoms with van der Waals surface area (Å²) < 4.78 is 0. The van der Waals surface area contributed by atoms with Crippen LogP contribution in [0, 0.1) is 0 Å². The van der Waals surface area contributed by atoms with Crippen LogP contribution >= 0.6 is 0 Å². The Balaban J connectivity index is 1.84. The zero-order valence-corrected chi connectivity index (χ0v) is 14.2.